The van der Waals surface area contributed by atoms with Crippen molar-refractivity contribution in [3.8, 4) is 0 Å². The molecule has 0 fully saturated rings. The van der Waals surface area contributed by atoms with Crippen LogP contribution < -0.4 is 11.1 Å². The number of rotatable bonds is 4. The van der Waals surface area contributed by atoms with Gasteiger partial charge in [-0.2, -0.15) is 0 Å². The fraction of sp³-hybridized carbons (Fsp3) is 0.286. The van der Waals surface area contributed by atoms with Crippen molar-refractivity contribution in [2.24, 2.45) is 5.73 Å². The largest absolute Gasteiger partial charge is 0.463 e. The molecular formula is C14H16N2O2S. The molecule has 1 atom stereocenters. The van der Waals surface area contributed by atoms with E-state index in [1.807, 2.05) is 38.1 Å². The number of nitrogens with one attached hydrogen (secondary N) is 1. The summed E-state index contributed by atoms with van der Waals surface area (Å²) in [6.07, 6.45) is 2.08. The van der Waals surface area contributed by atoms with E-state index in [4.69, 9.17) is 22.4 Å². The first-order valence-electron chi connectivity index (χ1n) is 6.06. The topological polar surface area (TPSA) is 68.3 Å². The van der Waals surface area contributed by atoms with Crippen LogP contribution in [0.5, 0.6) is 0 Å². The number of hydrogen-bond acceptors (Lipinski definition) is 3. The minimum atomic E-state index is -0.690. The number of para-hydroxylation sites is 1. The molecule has 1 aromatic carbocycles. The van der Waals surface area contributed by atoms with E-state index in [9.17, 15) is 4.79 Å². The van der Waals surface area contributed by atoms with E-state index in [1.54, 1.807) is 0 Å². The monoisotopic (exact) mass is 276 g/mol. The first-order chi connectivity index (χ1) is 8.98. The molecule has 0 aliphatic rings. The molecule has 0 bridgehead atoms. The van der Waals surface area contributed by atoms with Gasteiger partial charge >= 0.3 is 0 Å². The average molecular weight is 276 g/mol. The van der Waals surface area contributed by atoms with Gasteiger partial charge in [0.05, 0.1) is 16.1 Å². The molecule has 4 nitrogen and oxygen atoms in total. The number of hydrogen-bond donors (Lipinski definition) is 2. The zero-order chi connectivity index (χ0) is 14.0. The Kier molecular flexibility index (Phi) is 3.57. The number of furan rings is 1. The van der Waals surface area contributed by atoms with Crippen molar-refractivity contribution in [1.82, 2.24) is 5.32 Å². The molecule has 1 heterocycles. The summed E-state index contributed by atoms with van der Waals surface area (Å²) in [5.74, 6) is -0.234. The van der Waals surface area contributed by atoms with Gasteiger partial charge in [0, 0.05) is 5.39 Å². The summed E-state index contributed by atoms with van der Waals surface area (Å²) >= 11 is 5.01. The standard InChI is InChI=1S/C14H16N2O2S/c1-3-14(2,13(15)19)16-12(17)10-8-18-11-7-5-4-6-9(10)11/h4-8H,3H2,1-2H3,(H2,15,19)(H,16,17). The van der Waals surface area contributed by atoms with Crippen LogP contribution in [0.2, 0.25) is 0 Å². The lowest BCUT2D eigenvalue weighted by Gasteiger charge is -2.28. The second-order valence-corrected chi connectivity index (χ2v) is 5.09. The highest BCUT2D eigenvalue weighted by Crippen LogP contribution is 2.21. The van der Waals surface area contributed by atoms with Crippen molar-refractivity contribution in [3.05, 3.63) is 36.1 Å². The van der Waals surface area contributed by atoms with E-state index in [0.29, 0.717) is 17.6 Å². The van der Waals surface area contributed by atoms with Crippen molar-refractivity contribution >= 4 is 34.1 Å². The number of carbonyl (C=O) groups excluding carboxylic acids is 1. The van der Waals surface area contributed by atoms with Crippen molar-refractivity contribution in [2.45, 2.75) is 25.8 Å². The van der Waals surface area contributed by atoms with Gasteiger partial charge in [-0.05, 0) is 19.4 Å². The van der Waals surface area contributed by atoms with Crippen LogP contribution >= 0.6 is 12.2 Å². The van der Waals surface area contributed by atoms with Crippen molar-refractivity contribution in [1.29, 1.82) is 0 Å². The molecule has 0 aliphatic carbocycles. The van der Waals surface area contributed by atoms with E-state index >= 15 is 0 Å². The Morgan fingerprint density at radius 3 is 2.79 bits per heavy atom. The Labute approximate surface area is 117 Å². The van der Waals surface area contributed by atoms with Crippen LogP contribution in [0.4, 0.5) is 0 Å². The highest BCUT2D eigenvalue weighted by molar-refractivity contribution is 7.80. The third-order valence-electron chi connectivity index (χ3n) is 3.37. The predicted molar refractivity (Wildman–Crippen MR) is 79.2 cm³/mol. The van der Waals surface area contributed by atoms with E-state index in [2.05, 4.69) is 5.32 Å². The Balaban J connectivity index is 2.32. The molecule has 3 N–H and O–H groups in total. The summed E-state index contributed by atoms with van der Waals surface area (Å²) in [4.78, 5) is 12.6. The van der Waals surface area contributed by atoms with Gasteiger partial charge in [0.2, 0.25) is 0 Å². The molecule has 0 saturated heterocycles. The molecule has 1 amide bonds. The summed E-state index contributed by atoms with van der Waals surface area (Å²) in [6, 6.07) is 7.39. The number of amides is 1. The summed E-state index contributed by atoms with van der Waals surface area (Å²) in [7, 11) is 0. The average Bonchev–Trinajstić information content (AvgIpc) is 2.82. The molecule has 0 radical (unpaired) electrons. The first-order valence-corrected chi connectivity index (χ1v) is 6.47. The van der Waals surface area contributed by atoms with Crippen LogP contribution in [0.3, 0.4) is 0 Å². The molecule has 2 aromatic rings. The zero-order valence-corrected chi connectivity index (χ0v) is 11.7. The second kappa shape index (κ2) is 5.01. The van der Waals surface area contributed by atoms with Gasteiger partial charge in [-0.25, -0.2) is 0 Å². The van der Waals surface area contributed by atoms with Gasteiger partial charge in [0.1, 0.15) is 11.8 Å². The second-order valence-electron chi connectivity index (χ2n) is 4.65. The normalized spacial score (nSPS) is 14.0. The molecular weight excluding hydrogens is 260 g/mol. The van der Waals surface area contributed by atoms with Gasteiger partial charge < -0.3 is 15.5 Å². The molecule has 2 rings (SSSR count). The number of fused-ring (bicyclic) bond motifs is 1. The predicted octanol–water partition coefficient (Wildman–Crippen LogP) is 2.62. The number of carbonyl (C=O) groups is 1. The summed E-state index contributed by atoms with van der Waals surface area (Å²) in [5.41, 5.74) is 6.17. The fourth-order valence-electron chi connectivity index (χ4n) is 1.80. The Hall–Kier alpha value is -1.88. The maximum atomic E-state index is 12.3. The lowest BCUT2D eigenvalue weighted by Crippen LogP contribution is -2.54. The maximum absolute atomic E-state index is 12.3. The number of nitrogens with two attached hydrogens (primary N) is 1. The van der Waals surface area contributed by atoms with E-state index in [1.165, 1.54) is 6.26 Å². The summed E-state index contributed by atoms with van der Waals surface area (Å²) in [6.45, 7) is 3.74. The van der Waals surface area contributed by atoms with Gasteiger partial charge in [0.15, 0.2) is 0 Å². The zero-order valence-electron chi connectivity index (χ0n) is 10.9. The van der Waals surface area contributed by atoms with E-state index < -0.39 is 5.54 Å². The molecule has 100 valence electrons. The van der Waals surface area contributed by atoms with Crippen LogP contribution in [0.25, 0.3) is 11.0 Å². The van der Waals surface area contributed by atoms with Gasteiger partial charge in [-0.15, -0.1) is 0 Å². The van der Waals surface area contributed by atoms with Crippen LogP contribution in [-0.4, -0.2) is 16.4 Å². The lowest BCUT2D eigenvalue weighted by molar-refractivity contribution is 0.0927. The van der Waals surface area contributed by atoms with Crippen LogP contribution in [0.1, 0.15) is 30.6 Å². The minimum absolute atomic E-state index is 0.234. The van der Waals surface area contributed by atoms with Crippen LogP contribution in [-0.2, 0) is 0 Å². The van der Waals surface area contributed by atoms with Gasteiger partial charge in [-0.3, -0.25) is 4.79 Å². The highest BCUT2D eigenvalue weighted by Gasteiger charge is 2.29. The van der Waals surface area contributed by atoms with Crippen LogP contribution in [0.15, 0.2) is 34.9 Å². The molecule has 0 spiro atoms. The molecule has 19 heavy (non-hydrogen) atoms. The van der Waals surface area contributed by atoms with Crippen molar-refractivity contribution in [2.75, 3.05) is 0 Å². The van der Waals surface area contributed by atoms with Crippen LogP contribution in [0, 0.1) is 0 Å². The highest BCUT2D eigenvalue weighted by atomic mass is 32.1. The van der Waals surface area contributed by atoms with Gasteiger partial charge in [-0.1, -0.05) is 37.3 Å². The molecule has 1 unspecified atom stereocenters. The maximum Gasteiger partial charge on any atom is 0.255 e. The smallest absolute Gasteiger partial charge is 0.255 e. The number of thiocarbonyl (C=S) groups is 1. The van der Waals surface area contributed by atoms with E-state index in [-0.39, 0.29) is 10.9 Å². The van der Waals surface area contributed by atoms with Gasteiger partial charge in [0.25, 0.3) is 5.91 Å². The fourth-order valence-corrected chi connectivity index (χ4v) is 1.99. The molecule has 0 aliphatic heterocycles. The summed E-state index contributed by atoms with van der Waals surface area (Å²) < 4.78 is 5.35. The molecule has 5 heteroatoms. The molecule has 1 aromatic heterocycles. The first kappa shape index (κ1) is 13.5. The Bertz CT molecular complexity index is 635. The molecule has 0 saturated carbocycles. The number of benzene rings is 1. The quantitative estimate of drug-likeness (QED) is 0.842. The third kappa shape index (κ3) is 2.46. The lowest BCUT2D eigenvalue weighted by atomic mass is 9.98. The Morgan fingerprint density at radius 1 is 1.47 bits per heavy atom. The SMILES string of the molecule is CCC(C)(NC(=O)c1coc2ccccc12)C(N)=S. The van der Waals surface area contributed by atoms with Crippen molar-refractivity contribution < 1.29 is 9.21 Å². The Morgan fingerprint density at radius 2 is 2.16 bits per heavy atom. The van der Waals surface area contributed by atoms with E-state index in [0.717, 1.165) is 5.39 Å². The summed E-state index contributed by atoms with van der Waals surface area (Å²) in [5, 5.41) is 3.65. The third-order valence-corrected chi connectivity index (χ3v) is 3.82. The van der Waals surface area contributed by atoms with Crippen molar-refractivity contribution in [3.63, 3.8) is 0 Å². The minimum Gasteiger partial charge on any atom is -0.463 e.